The van der Waals surface area contributed by atoms with Gasteiger partial charge in [-0.1, -0.05) is 0 Å². The molecule has 0 fully saturated rings. The van der Waals surface area contributed by atoms with Crippen LogP contribution in [0.4, 0.5) is 5.95 Å². The van der Waals surface area contributed by atoms with Crippen molar-refractivity contribution >= 4 is 33.0 Å². The van der Waals surface area contributed by atoms with Crippen LogP contribution < -0.4 is 5.73 Å². The van der Waals surface area contributed by atoms with Crippen molar-refractivity contribution in [1.82, 2.24) is 14.5 Å². The van der Waals surface area contributed by atoms with Gasteiger partial charge in [-0.3, -0.25) is 4.57 Å². The number of aryl methyl sites for hydroxylation is 1. The molecule has 4 nitrogen and oxygen atoms in total. The van der Waals surface area contributed by atoms with Gasteiger partial charge in [-0.15, -0.1) is 0 Å². The lowest BCUT2D eigenvalue weighted by Crippen LogP contribution is -1.97. The third kappa shape index (κ3) is 0.972. The number of anilines is 1. The van der Waals surface area contributed by atoms with Crippen LogP contribution in [0.25, 0.3) is 11.2 Å². The van der Waals surface area contributed by atoms with Gasteiger partial charge < -0.3 is 5.73 Å². The Kier molecular flexibility index (Phi) is 1.54. The quantitative estimate of drug-likeness (QED) is 0.690. The summed E-state index contributed by atoms with van der Waals surface area (Å²) in [6.45, 7) is 0. The molecule has 0 aliphatic heterocycles. The third-order valence-electron chi connectivity index (χ3n) is 1.72. The molecule has 0 aromatic carbocycles. The molecule has 0 spiro atoms. The van der Waals surface area contributed by atoms with Crippen LogP contribution in [-0.2, 0) is 7.05 Å². The number of pyridine rings is 1. The van der Waals surface area contributed by atoms with E-state index in [1.165, 1.54) is 0 Å². The van der Waals surface area contributed by atoms with E-state index in [4.69, 9.17) is 5.73 Å². The van der Waals surface area contributed by atoms with E-state index >= 15 is 0 Å². The van der Waals surface area contributed by atoms with Gasteiger partial charge >= 0.3 is 0 Å². The van der Waals surface area contributed by atoms with E-state index in [2.05, 4.69) is 25.9 Å². The van der Waals surface area contributed by atoms with Gasteiger partial charge in [-0.2, -0.15) is 0 Å². The number of aromatic nitrogens is 3. The van der Waals surface area contributed by atoms with Gasteiger partial charge in [0.1, 0.15) is 10.1 Å². The number of hydrogen-bond acceptors (Lipinski definition) is 3. The Hall–Kier alpha value is -1.10. The monoisotopic (exact) mass is 226 g/mol. The van der Waals surface area contributed by atoms with Crippen LogP contribution in [0.2, 0.25) is 0 Å². The summed E-state index contributed by atoms with van der Waals surface area (Å²) in [5, 5.41) is 0. The van der Waals surface area contributed by atoms with Crippen LogP contribution in [0.5, 0.6) is 0 Å². The van der Waals surface area contributed by atoms with E-state index in [0.29, 0.717) is 5.95 Å². The fourth-order valence-electron chi connectivity index (χ4n) is 1.06. The highest BCUT2D eigenvalue weighted by Crippen LogP contribution is 2.16. The minimum absolute atomic E-state index is 0.482. The smallest absolute Gasteiger partial charge is 0.202 e. The first-order valence-electron chi connectivity index (χ1n) is 3.43. The SMILES string of the molecule is Cn1c(N)nc2ccc(Br)nc21. The van der Waals surface area contributed by atoms with Crippen molar-refractivity contribution in [3.8, 4) is 0 Å². The maximum absolute atomic E-state index is 5.60. The number of rotatable bonds is 0. The average Bonchev–Trinajstić information content (AvgIpc) is 2.31. The summed E-state index contributed by atoms with van der Waals surface area (Å²) >= 11 is 3.28. The molecule has 12 heavy (non-hydrogen) atoms. The lowest BCUT2D eigenvalue weighted by atomic mass is 10.4. The minimum atomic E-state index is 0.482. The van der Waals surface area contributed by atoms with Crippen molar-refractivity contribution in [3.63, 3.8) is 0 Å². The Morgan fingerprint density at radius 2 is 2.17 bits per heavy atom. The Balaban J connectivity index is 2.88. The molecule has 0 atom stereocenters. The van der Waals surface area contributed by atoms with Crippen LogP contribution in [0.15, 0.2) is 16.7 Å². The predicted molar refractivity (Wildman–Crippen MR) is 50.6 cm³/mol. The molecule has 2 aromatic heterocycles. The first-order chi connectivity index (χ1) is 5.68. The van der Waals surface area contributed by atoms with E-state index in [0.717, 1.165) is 15.8 Å². The molecular weight excluding hydrogens is 220 g/mol. The van der Waals surface area contributed by atoms with Crippen LogP contribution in [0, 0.1) is 0 Å². The number of nitrogens with two attached hydrogens (primary N) is 1. The van der Waals surface area contributed by atoms with E-state index in [1.54, 1.807) is 4.57 Å². The summed E-state index contributed by atoms with van der Waals surface area (Å²) in [4.78, 5) is 8.34. The molecule has 0 aliphatic rings. The predicted octanol–water partition coefficient (Wildman–Crippen LogP) is 1.31. The zero-order valence-corrected chi connectivity index (χ0v) is 8.04. The molecule has 2 N–H and O–H groups in total. The van der Waals surface area contributed by atoms with E-state index in [-0.39, 0.29) is 0 Å². The maximum atomic E-state index is 5.60. The number of nitrogen functional groups attached to an aromatic ring is 1. The van der Waals surface area contributed by atoms with Gasteiger partial charge in [0.15, 0.2) is 5.65 Å². The molecule has 0 aliphatic carbocycles. The highest BCUT2D eigenvalue weighted by Gasteiger charge is 2.05. The Morgan fingerprint density at radius 3 is 2.92 bits per heavy atom. The fourth-order valence-corrected chi connectivity index (χ4v) is 1.36. The third-order valence-corrected chi connectivity index (χ3v) is 2.16. The molecule has 0 saturated carbocycles. The summed E-state index contributed by atoms with van der Waals surface area (Å²) < 4.78 is 2.54. The van der Waals surface area contributed by atoms with Crippen LogP contribution in [-0.4, -0.2) is 14.5 Å². The summed E-state index contributed by atoms with van der Waals surface area (Å²) in [6.07, 6.45) is 0. The van der Waals surface area contributed by atoms with E-state index in [1.807, 2.05) is 19.2 Å². The fraction of sp³-hybridized carbons (Fsp3) is 0.143. The van der Waals surface area contributed by atoms with Gasteiger partial charge in [0.25, 0.3) is 0 Å². The lowest BCUT2D eigenvalue weighted by molar-refractivity contribution is 0.945. The number of halogens is 1. The molecule has 0 saturated heterocycles. The molecule has 2 rings (SSSR count). The number of nitrogens with zero attached hydrogens (tertiary/aromatic N) is 3. The summed E-state index contributed by atoms with van der Waals surface area (Å²) in [7, 11) is 1.84. The van der Waals surface area contributed by atoms with Gasteiger partial charge in [-0.25, -0.2) is 9.97 Å². The first kappa shape index (κ1) is 7.54. The van der Waals surface area contributed by atoms with Gasteiger partial charge in [0, 0.05) is 7.05 Å². The van der Waals surface area contributed by atoms with Crippen molar-refractivity contribution < 1.29 is 0 Å². The summed E-state index contributed by atoms with van der Waals surface area (Å²) in [6, 6.07) is 3.72. The number of imidazole rings is 1. The molecule has 2 aromatic rings. The topological polar surface area (TPSA) is 56.7 Å². The highest BCUT2D eigenvalue weighted by atomic mass is 79.9. The molecule has 0 radical (unpaired) electrons. The van der Waals surface area contributed by atoms with Crippen molar-refractivity contribution in [2.45, 2.75) is 0 Å². The lowest BCUT2D eigenvalue weighted by Gasteiger charge is -1.94. The molecule has 0 unspecified atom stereocenters. The Morgan fingerprint density at radius 1 is 1.42 bits per heavy atom. The highest BCUT2D eigenvalue weighted by molar-refractivity contribution is 9.10. The second-order valence-corrected chi connectivity index (χ2v) is 3.32. The second kappa shape index (κ2) is 2.45. The Labute approximate surface area is 77.5 Å². The Bertz CT molecular complexity index is 434. The zero-order valence-electron chi connectivity index (χ0n) is 6.45. The van der Waals surface area contributed by atoms with Crippen molar-refractivity contribution in [3.05, 3.63) is 16.7 Å². The molecule has 0 amide bonds. The van der Waals surface area contributed by atoms with Crippen molar-refractivity contribution in [2.24, 2.45) is 7.05 Å². The standard InChI is InChI=1S/C7H7BrN4/c1-12-6-4(10-7(12)9)2-3-5(8)11-6/h2-3H,1H3,(H2,9,10). The first-order valence-corrected chi connectivity index (χ1v) is 4.22. The van der Waals surface area contributed by atoms with E-state index < -0.39 is 0 Å². The van der Waals surface area contributed by atoms with Crippen LogP contribution in [0.3, 0.4) is 0 Å². The van der Waals surface area contributed by atoms with Crippen LogP contribution in [0.1, 0.15) is 0 Å². The van der Waals surface area contributed by atoms with Gasteiger partial charge in [0.05, 0.1) is 0 Å². The van der Waals surface area contributed by atoms with E-state index in [9.17, 15) is 0 Å². The zero-order chi connectivity index (χ0) is 8.72. The van der Waals surface area contributed by atoms with Gasteiger partial charge in [0.2, 0.25) is 5.95 Å². The average molecular weight is 227 g/mol. The summed E-state index contributed by atoms with van der Waals surface area (Å²) in [5.41, 5.74) is 7.21. The molecule has 62 valence electrons. The molecule has 0 bridgehead atoms. The molecule has 2 heterocycles. The molecule has 5 heteroatoms. The van der Waals surface area contributed by atoms with Crippen LogP contribution >= 0.6 is 15.9 Å². The number of hydrogen-bond donors (Lipinski definition) is 1. The van der Waals surface area contributed by atoms with Crippen molar-refractivity contribution in [2.75, 3.05) is 5.73 Å². The maximum Gasteiger partial charge on any atom is 0.202 e. The van der Waals surface area contributed by atoms with Crippen molar-refractivity contribution in [1.29, 1.82) is 0 Å². The van der Waals surface area contributed by atoms with Gasteiger partial charge in [-0.05, 0) is 28.1 Å². The minimum Gasteiger partial charge on any atom is -0.369 e. The molecular formula is C7H7BrN4. The summed E-state index contributed by atoms with van der Waals surface area (Å²) in [5.74, 6) is 0.482. The largest absolute Gasteiger partial charge is 0.369 e. The normalized spacial score (nSPS) is 10.8. The number of fused-ring (bicyclic) bond motifs is 1. The second-order valence-electron chi connectivity index (χ2n) is 2.51.